The molecule has 0 radical (unpaired) electrons. The van der Waals surface area contributed by atoms with Gasteiger partial charge in [-0.05, 0) is 18.9 Å². The van der Waals surface area contributed by atoms with E-state index in [1.165, 1.54) is 17.2 Å². The predicted molar refractivity (Wildman–Crippen MR) is 90.3 cm³/mol. The summed E-state index contributed by atoms with van der Waals surface area (Å²) in [5, 5.41) is 30.6. The number of aliphatic hydroxyl groups is 3. The molecular formula is C16H23N5O4. The first-order valence-electron chi connectivity index (χ1n) is 8.10. The van der Waals surface area contributed by atoms with Crippen molar-refractivity contribution in [2.45, 2.75) is 44.8 Å². The zero-order chi connectivity index (χ0) is 18.4. The van der Waals surface area contributed by atoms with Crippen molar-refractivity contribution in [1.82, 2.24) is 19.5 Å². The lowest BCUT2D eigenvalue weighted by Gasteiger charge is -2.32. The van der Waals surface area contributed by atoms with Crippen molar-refractivity contribution in [3.63, 3.8) is 0 Å². The van der Waals surface area contributed by atoms with Gasteiger partial charge in [0.05, 0.1) is 12.9 Å². The average Bonchev–Trinajstić information content (AvgIpc) is 3.11. The maximum atomic E-state index is 10.8. The molecule has 2 aromatic rings. The van der Waals surface area contributed by atoms with Crippen LogP contribution in [-0.4, -0.2) is 59.8 Å². The highest BCUT2D eigenvalue weighted by molar-refractivity contribution is 5.81. The molecule has 1 aliphatic heterocycles. The third kappa shape index (κ3) is 2.69. The van der Waals surface area contributed by atoms with Gasteiger partial charge < -0.3 is 25.8 Å². The molecule has 1 aliphatic rings. The van der Waals surface area contributed by atoms with E-state index in [4.69, 9.17) is 10.5 Å². The minimum Gasteiger partial charge on any atom is -0.394 e. The molecule has 3 heterocycles. The largest absolute Gasteiger partial charge is 0.394 e. The van der Waals surface area contributed by atoms with Crippen LogP contribution in [0, 0.1) is 5.92 Å². The first-order valence-corrected chi connectivity index (χ1v) is 8.10. The second-order valence-corrected chi connectivity index (χ2v) is 6.61. The fourth-order valence-electron chi connectivity index (χ4n) is 2.96. The summed E-state index contributed by atoms with van der Waals surface area (Å²) < 4.78 is 7.45. The molecule has 9 heteroatoms. The molecule has 1 fully saturated rings. The SMILES string of the molecule is CC(=C[C@@]1(n2cnc3c(N)ncnc32)O[C@H](CO)[C@@H](O)[C@H]1O)C(C)C. The van der Waals surface area contributed by atoms with Crippen LogP contribution in [0.4, 0.5) is 5.82 Å². The van der Waals surface area contributed by atoms with E-state index >= 15 is 0 Å². The minimum absolute atomic E-state index is 0.187. The number of imidazole rings is 1. The maximum absolute atomic E-state index is 10.8. The summed E-state index contributed by atoms with van der Waals surface area (Å²) in [5.74, 6) is 0.391. The lowest BCUT2D eigenvalue weighted by atomic mass is 9.95. The van der Waals surface area contributed by atoms with Crippen molar-refractivity contribution in [2.24, 2.45) is 5.92 Å². The molecule has 0 saturated carbocycles. The van der Waals surface area contributed by atoms with Crippen LogP contribution >= 0.6 is 0 Å². The first-order chi connectivity index (χ1) is 11.8. The van der Waals surface area contributed by atoms with Crippen LogP contribution in [0.5, 0.6) is 0 Å². The Labute approximate surface area is 144 Å². The van der Waals surface area contributed by atoms with Gasteiger partial charge >= 0.3 is 0 Å². The summed E-state index contributed by atoms with van der Waals surface area (Å²) >= 11 is 0. The summed E-state index contributed by atoms with van der Waals surface area (Å²) in [7, 11) is 0. The topological polar surface area (TPSA) is 140 Å². The number of hydrogen-bond acceptors (Lipinski definition) is 8. The highest BCUT2D eigenvalue weighted by atomic mass is 16.6. The fourth-order valence-corrected chi connectivity index (χ4v) is 2.96. The summed E-state index contributed by atoms with van der Waals surface area (Å²) in [6, 6.07) is 0. The number of rotatable bonds is 4. The van der Waals surface area contributed by atoms with Crippen molar-refractivity contribution in [1.29, 1.82) is 0 Å². The molecule has 25 heavy (non-hydrogen) atoms. The van der Waals surface area contributed by atoms with Gasteiger partial charge in [-0.3, -0.25) is 4.57 Å². The Morgan fingerprint density at radius 2 is 2.12 bits per heavy atom. The average molecular weight is 349 g/mol. The van der Waals surface area contributed by atoms with E-state index in [0.29, 0.717) is 11.2 Å². The number of aromatic nitrogens is 4. The van der Waals surface area contributed by atoms with E-state index in [2.05, 4.69) is 15.0 Å². The highest BCUT2D eigenvalue weighted by Crippen LogP contribution is 2.40. The number of nitrogens with zero attached hydrogens (tertiary/aromatic N) is 4. The summed E-state index contributed by atoms with van der Waals surface area (Å²) in [6.45, 7) is 5.49. The molecule has 2 aromatic heterocycles. The Morgan fingerprint density at radius 3 is 2.72 bits per heavy atom. The number of nitrogen functional groups attached to an aromatic ring is 1. The standard InChI is InChI=1S/C16H23N5O4/c1-8(2)9(3)4-16(13(24)12(23)10(5-22)25-16)21-7-20-11-14(17)18-6-19-15(11)21/h4,6-8,10,12-13,22-24H,5H2,1-3H3,(H2,17,18,19)/t10-,12-,13-,16-/m1/s1. The van der Waals surface area contributed by atoms with Gasteiger partial charge in [-0.15, -0.1) is 0 Å². The van der Waals surface area contributed by atoms with Crippen molar-refractivity contribution in [3.05, 3.63) is 24.3 Å². The number of fused-ring (bicyclic) bond motifs is 1. The molecule has 0 aliphatic carbocycles. The van der Waals surface area contributed by atoms with Gasteiger partial charge in [0, 0.05) is 0 Å². The van der Waals surface area contributed by atoms with Gasteiger partial charge in [0.25, 0.3) is 0 Å². The van der Waals surface area contributed by atoms with Crippen molar-refractivity contribution < 1.29 is 20.1 Å². The molecule has 3 rings (SSSR count). The van der Waals surface area contributed by atoms with E-state index in [9.17, 15) is 15.3 Å². The van der Waals surface area contributed by atoms with E-state index < -0.39 is 30.6 Å². The Hall–Kier alpha value is -2.07. The molecule has 136 valence electrons. The molecule has 0 aromatic carbocycles. The smallest absolute Gasteiger partial charge is 0.196 e. The van der Waals surface area contributed by atoms with Crippen molar-refractivity contribution in [3.8, 4) is 0 Å². The molecule has 1 saturated heterocycles. The van der Waals surface area contributed by atoms with Gasteiger partial charge in [0.15, 0.2) is 17.2 Å². The number of ether oxygens (including phenoxy) is 1. The number of allylic oxidation sites excluding steroid dienone is 1. The molecular weight excluding hydrogens is 326 g/mol. The first kappa shape index (κ1) is 17.7. The van der Waals surface area contributed by atoms with Crippen LogP contribution in [-0.2, 0) is 10.5 Å². The summed E-state index contributed by atoms with van der Waals surface area (Å²) in [6.07, 6.45) is 0.938. The van der Waals surface area contributed by atoms with Gasteiger partial charge in [-0.1, -0.05) is 19.4 Å². The second-order valence-electron chi connectivity index (χ2n) is 6.61. The van der Waals surface area contributed by atoms with Gasteiger partial charge in [-0.2, -0.15) is 0 Å². The Balaban J connectivity index is 2.25. The molecule has 0 bridgehead atoms. The number of nitrogens with two attached hydrogens (primary N) is 1. The molecule has 9 nitrogen and oxygen atoms in total. The summed E-state index contributed by atoms with van der Waals surface area (Å²) in [4.78, 5) is 12.3. The lowest BCUT2D eigenvalue weighted by Crippen LogP contribution is -2.44. The zero-order valence-corrected chi connectivity index (χ0v) is 14.4. The highest BCUT2D eigenvalue weighted by Gasteiger charge is 2.55. The maximum Gasteiger partial charge on any atom is 0.196 e. The van der Waals surface area contributed by atoms with Gasteiger partial charge in [0.1, 0.15) is 30.2 Å². The third-order valence-electron chi connectivity index (χ3n) is 4.73. The molecule has 4 atom stereocenters. The number of anilines is 1. The van der Waals surface area contributed by atoms with E-state index in [1.54, 1.807) is 6.08 Å². The monoisotopic (exact) mass is 349 g/mol. The molecule has 0 spiro atoms. The van der Waals surface area contributed by atoms with E-state index in [1.807, 2.05) is 20.8 Å². The Morgan fingerprint density at radius 1 is 1.40 bits per heavy atom. The summed E-state index contributed by atoms with van der Waals surface area (Å²) in [5.41, 5.74) is 6.05. The molecule has 5 N–H and O–H groups in total. The normalized spacial score (nSPS) is 30.5. The molecule has 0 unspecified atom stereocenters. The number of aliphatic hydroxyl groups excluding tert-OH is 3. The number of hydrogen-bond donors (Lipinski definition) is 4. The lowest BCUT2D eigenvalue weighted by molar-refractivity contribution is -0.111. The van der Waals surface area contributed by atoms with E-state index in [-0.39, 0.29) is 11.7 Å². The van der Waals surface area contributed by atoms with Crippen LogP contribution in [0.25, 0.3) is 11.2 Å². The van der Waals surface area contributed by atoms with Crippen molar-refractivity contribution >= 4 is 17.0 Å². The van der Waals surface area contributed by atoms with Crippen molar-refractivity contribution in [2.75, 3.05) is 12.3 Å². The predicted octanol–water partition coefficient (Wildman–Crippen LogP) is -0.224. The van der Waals surface area contributed by atoms with Crippen LogP contribution in [0.2, 0.25) is 0 Å². The fraction of sp³-hybridized carbons (Fsp3) is 0.562. The quantitative estimate of drug-likeness (QED) is 0.555. The van der Waals surface area contributed by atoms with Gasteiger partial charge in [0.2, 0.25) is 0 Å². The molecule has 0 amide bonds. The van der Waals surface area contributed by atoms with Crippen LogP contribution in [0.3, 0.4) is 0 Å². The van der Waals surface area contributed by atoms with Gasteiger partial charge in [-0.25, -0.2) is 15.0 Å². The second kappa shape index (κ2) is 6.34. The van der Waals surface area contributed by atoms with Crippen LogP contribution in [0.1, 0.15) is 20.8 Å². The third-order valence-corrected chi connectivity index (χ3v) is 4.73. The minimum atomic E-state index is -1.46. The Bertz CT molecular complexity index is 805. The Kier molecular flexibility index (Phi) is 4.50. The zero-order valence-electron chi connectivity index (χ0n) is 14.4. The van der Waals surface area contributed by atoms with E-state index in [0.717, 1.165) is 5.57 Å². The van der Waals surface area contributed by atoms with Crippen LogP contribution in [0.15, 0.2) is 24.3 Å². The van der Waals surface area contributed by atoms with Crippen LogP contribution < -0.4 is 5.73 Å².